The minimum atomic E-state index is -0.706. The van der Waals surface area contributed by atoms with Gasteiger partial charge in [-0.2, -0.15) is 0 Å². The Morgan fingerprint density at radius 2 is 1.58 bits per heavy atom. The van der Waals surface area contributed by atoms with E-state index in [1.54, 1.807) is 24.3 Å². The summed E-state index contributed by atoms with van der Waals surface area (Å²) in [7, 11) is 0. The average Bonchev–Trinajstić information content (AvgIpc) is 2.56. The molecule has 0 spiro atoms. The Morgan fingerprint density at radius 1 is 0.958 bits per heavy atom. The monoisotopic (exact) mass is 334 g/mol. The van der Waals surface area contributed by atoms with E-state index < -0.39 is 17.6 Å². The van der Waals surface area contributed by atoms with Crippen molar-refractivity contribution in [3.05, 3.63) is 59.2 Å². The molecule has 2 aromatic rings. The van der Waals surface area contributed by atoms with Crippen molar-refractivity contribution in [2.24, 2.45) is 0 Å². The van der Waals surface area contributed by atoms with E-state index in [0.29, 0.717) is 25.2 Å². The van der Waals surface area contributed by atoms with Crippen molar-refractivity contribution >= 4 is 5.97 Å². The molecular weight excluding hydrogens is 314 g/mol. The summed E-state index contributed by atoms with van der Waals surface area (Å²) in [6, 6.07) is 8.46. The fourth-order valence-corrected chi connectivity index (χ4v) is 2.20. The van der Waals surface area contributed by atoms with Crippen molar-refractivity contribution < 1.29 is 23.0 Å². The molecule has 0 aromatic heterocycles. The summed E-state index contributed by atoms with van der Waals surface area (Å²) in [5.41, 5.74) is 0.284. The van der Waals surface area contributed by atoms with Crippen LogP contribution in [0.1, 0.15) is 42.6 Å². The lowest BCUT2D eigenvalue weighted by atomic mass is 10.1. The van der Waals surface area contributed by atoms with E-state index in [1.807, 2.05) is 13.8 Å². The van der Waals surface area contributed by atoms with E-state index in [1.165, 1.54) is 0 Å². The van der Waals surface area contributed by atoms with Crippen molar-refractivity contribution in [1.82, 2.24) is 0 Å². The lowest BCUT2D eigenvalue weighted by Crippen LogP contribution is -2.09. The molecule has 3 nitrogen and oxygen atoms in total. The highest BCUT2D eigenvalue weighted by Gasteiger charge is 2.14. The standard InChI is InChI=1S/C19H20F2O3/c1-3-5-16-17(20)11-15(12-18(16)21)24-19(22)13-6-8-14(9-7-13)23-10-4-2/h6-9,11-12H,3-5,10H2,1-2H3. The Hall–Kier alpha value is -2.43. The fourth-order valence-electron chi connectivity index (χ4n) is 2.20. The van der Waals surface area contributed by atoms with Crippen LogP contribution in [0.2, 0.25) is 0 Å². The molecule has 0 saturated carbocycles. The third-order valence-electron chi connectivity index (χ3n) is 3.39. The van der Waals surface area contributed by atoms with Gasteiger partial charge in [0.05, 0.1) is 12.2 Å². The van der Waals surface area contributed by atoms with E-state index >= 15 is 0 Å². The van der Waals surface area contributed by atoms with Gasteiger partial charge in [-0.3, -0.25) is 0 Å². The molecule has 0 N–H and O–H groups in total. The maximum Gasteiger partial charge on any atom is 0.343 e. The predicted octanol–water partition coefficient (Wildman–Crippen LogP) is 4.93. The minimum Gasteiger partial charge on any atom is -0.494 e. The van der Waals surface area contributed by atoms with E-state index in [2.05, 4.69) is 0 Å². The summed E-state index contributed by atoms with van der Waals surface area (Å²) in [5.74, 6) is -1.60. The lowest BCUT2D eigenvalue weighted by molar-refractivity contribution is 0.0734. The van der Waals surface area contributed by atoms with Crippen LogP contribution in [-0.2, 0) is 6.42 Å². The van der Waals surface area contributed by atoms with E-state index in [0.717, 1.165) is 18.6 Å². The predicted molar refractivity (Wildman–Crippen MR) is 87.5 cm³/mol. The van der Waals surface area contributed by atoms with Crippen LogP contribution in [0.5, 0.6) is 11.5 Å². The number of benzene rings is 2. The van der Waals surface area contributed by atoms with Gasteiger partial charge in [0, 0.05) is 17.7 Å². The topological polar surface area (TPSA) is 35.5 Å². The second kappa shape index (κ2) is 8.43. The highest BCUT2D eigenvalue weighted by atomic mass is 19.1. The highest BCUT2D eigenvalue weighted by molar-refractivity contribution is 5.91. The van der Waals surface area contributed by atoms with Gasteiger partial charge in [0.1, 0.15) is 23.1 Å². The molecule has 0 saturated heterocycles. The summed E-state index contributed by atoms with van der Waals surface area (Å²) in [4.78, 5) is 12.1. The molecule has 0 radical (unpaired) electrons. The molecule has 0 unspecified atom stereocenters. The van der Waals surface area contributed by atoms with Crippen molar-refractivity contribution in [3.63, 3.8) is 0 Å². The molecule has 5 heteroatoms. The molecule has 24 heavy (non-hydrogen) atoms. The third kappa shape index (κ3) is 4.54. The molecule has 0 aliphatic heterocycles. The Kier molecular flexibility index (Phi) is 6.29. The van der Waals surface area contributed by atoms with Gasteiger partial charge >= 0.3 is 5.97 Å². The van der Waals surface area contributed by atoms with Gasteiger partial charge in [-0.1, -0.05) is 20.3 Å². The summed E-state index contributed by atoms with van der Waals surface area (Å²) in [6.45, 7) is 4.42. The summed E-state index contributed by atoms with van der Waals surface area (Å²) >= 11 is 0. The SMILES string of the molecule is CCCOc1ccc(C(=O)Oc2cc(F)c(CCC)c(F)c2)cc1. The van der Waals surface area contributed by atoms with Crippen molar-refractivity contribution in [1.29, 1.82) is 0 Å². The van der Waals surface area contributed by atoms with Crippen molar-refractivity contribution in [2.45, 2.75) is 33.1 Å². The first-order chi connectivity index (χ1) is 11.5. The molecule has 128 valence electrons. The van der Waals surface area contributed by atoms with E-state index in [-0.39, 0.29) is 16.9 Å². The zero-order valence-corrected chi connectivity index (χ0v) is 13.8. The van der Waals surface area contributed by atoms with Gasteiger partial charge in [0.15, 0.2) is 0 Å². The number of carbonyl (C=O) groups excluding carboxylic acids is 1. The van der Waals surface area contributed by atoms with Crippen LogP contribution in [0, 0.1) is 11.6 Å². The largest absolute Gasteiger partial charge is 0.494 e. The maximum atomic E-state index is 13.9. The van der Waals surface area contributed by atoms with E-state index in [4.69, 9.17) is 9.47 Å². The molecule has 2 aromatic carbocycles. The number of hydrogen-bond donors (Lipinski definition) is 0. The van der Waals surface area contributed by atoms with Crippen LogP contribution in [-0.4, -0.2) is 12.6 Å². The second-order valence-corrected chi connectivity index (χ2v) is 5.38. The Morgan fingerprint density at radius 3 is 2.12 bits per heavy atom. The lowest BCUT2D eigenvalue weighted by Gasteiger charge is -2.09. The van der Waals surface area contributed by atoms with Gasteiger partial charge in [0.25, 0.3) is 0 Å². The number of esters is 1. The number of halogens is 2. The molecule has 0 heterocycles. The number of ether oxygens (including phenoxy) is 2. The van der Waals surface area contributed by atoms with Crippen LogP contribution in [0.15, 0.2) is 36.4 Å². The van der Waals surface area contributed by atoms with Gasteiger partial charge < -0.3 is 9.47 Å². The molecule has 0 aliphatic rings. The minimum absolute atomic E-state index is 0.00900. The van der Waals surface area contributed by atoms with Crippen LogP contribution in [0.25, 0.3) is 0 Å². The second-order valence-electron chi connectivity index (χ2n) is 5.38. The summed E-state index contributed by atoms with van der Waals surface area (Å²) in [5, 5.41) is 0. The summed E-state index contributed by atoms with van der Waals surface area (Å²) in [6.07, 6.45) is 1.81. The quantitative estimate of drug-likeness (QED) is 0.532. The molecule has 2 rings (SSSR count). The smallest absolute Gasteiger partial charge is 0.343 e. The maximum absolute atomic E-state index is 13.9. The first kappa shape index (κ1) is 17.9. The number of rotatable bonds is 7. The number of carbonyl (C=O) groups is 1. The van der Waals surface area contributed by atoms with Crippen LogP contribution in [0.3, 0.4) is 0 Å². The Balaban J connectivity index is 2.09. The zero-order chi connectivity index (χ0) is 17.5. The molecule has 0 aliphatic carbocycles. The van der Waals surface area contributed by atoms with Gasteiger partial charge in [0.2, 0.25) is 0 Å². The third-order valence-corrected chi connectivity index (χ3v) is 3.39. The van der Waals surface area contributed by atoms with Crippen molar-refractivity contribution in [2.75, 3.05) is 6.61 Å². The van der Waals surface area contributed by atoms with Gasteiger partial charge in [-0.25, -0.2) is 13.6 Å². The normalized spacial score (nSPS) is 10.5. The zero-order valence-electron chi connectivity index (χ0n) is 13.8. The molecule has 0 bridgehead atoms. The highest BCUT2D eigenvalue weighted by Crippen LogP contribution is 2.23. The molecule has 0 atom stereocenters. The summed E-state index contributed by atoms with van der Waals surface area (Å²) < 4.78 is 38.2. The number of hydrogen-bond acceptors (Lipinski definition) is 3. The Bertz CT molecular complexity index is 673. The van der Waals surface area contributed by atoms with E-state index in [9.17, 15) is 13.6 Å². The van der Waals surface area contributed by atoms with Crippen LogP contribution in [0.4, 0.5) is 8.78 Å². The fraction of sp³-hybridized carbons (Fsp3) is 0.316. The van der Waals surface area contributed by atoms with Gasteiger partial charge in [-0.15, -0.1) is 0 Å². The molecule has 0 fully saturated rings. The first-order valence-electron chi connectivity index (χ1n) is 7.98. The van der Waals surface area contributed by atoms with Crippen LogP contribution >= 0.6 is 0 Å². The average molecular weight is 334 g/mol. The van der Waals surface area contributed by atoms with Crippen LogP contribution < -0.4 is 9.47 Å². The molecule has 0 amide bonds. The molecular formula is C19H20F2O3. The van der Waals surface area contributed by atoms with Crippen molar-refractivity contribution in [3.8, 4) is 11.5 Å². The van der Waals surface area contributed by atoms with Gasteiger partial charge in [-0.05, 0) is 37.1 Å². The Labute approximate surface area is 140 Å². The first-order valence-corrected chi connectivity index (χ1v) is 7.98.